The monoisotopic (exact) mass is 402 g/mol. The van der Waals surface area contributed by atoms with Crippen LogP contribution >= 0.6 is 27.5 Å². The molecule has 3 rings (SSSR count). The summed E-state index contributed by atoms with van der Waals surface area (Å²) < 4.78 is 12.7. The molecule has 0 atom stereocenters. The molecule has 1 aromatic heterocycles. The van der Waals surface area contributed by atoms with E-state index in [2.05, 4.69) is 63.1 Å². The molecule has 2 aromatic carbocycles. The molecule has 0 amide bonds. The van der Waals surface area contributed by atoms with Crippen LogP contribution in [0.3, 0.4) is 0 Å². The lowest BCUT2D eigenvalue weighted by Crippen LogP contribution is -2.24. The molecule has 1 heterocycles. The van der Waals surface area contributed by atoms with Crippen LogP contribution in [0.5, 0.6) is 5.75 Å². The molecular weight excluding hydrogens is 384 g/mol. The van der Waals surface area contributed by atoms with Crippen LogP contribution in [0.1, 0.15) is 0 Å². The highest BCUT2D eigenvalue weighted by Gasteiger charge is 2.09. The van der Waals surface area contributed by atoms with Crippen LogP contribution in [0.4, 0.5) is 0 Å². The number of nitrogens with zero attached hydrogens (tertiary/aromatic N) is 2. The van der Waals surface area contributed by atoms with Gasteiger partial charge in [0.05, 0.1) is 10.4 Å². The number of rotatable bonds is 7. The number of aromatic nitrogens is 1. The summed E-state index contributed by atoms with van der Waals surface area (Å²) in [5.74, 6) is 0.889. The first kappa shape index (κ1) is 17.1. The second kappa shape index (κ2) is 7.92. The maximum Gasteiger partial charge on any atom is 0.120 e. The Morgan fingerprint density at radius 3 is 2.79 bits per heavy atom. The standard InChI is InChI=1S/C19H19BrN2OS/c1-3-10-22(2)11-12-23-16-8-9-17-18(13-16)24-21-19(17)14-4-6-15(20)7-5-14/h3-9,13H,1,10-12H2,2H3. The zero-order chi connectivity index (χ0) is 16.9. The van der Waals surface area contributed by atoms with Gasteiger partial charge in [-0.2, -0.15) is 4.37 Å². The summed E-state index contributed by atoms with van der Waals surface area (Å²) in [7, 11) is 2.06. The van der Waals surface area contributed by atoms with Gasteiger partial charge in [0.2, 0.25) is 0 Å². The van der Waals surface area contributed by atoms with Gasteiger partial charge in [0.25, 0.3) is 0 Å². The van der Waals surface area contributed by atoms with Crippen molar-refractivity contribution in [1.82, 2.24) is 9.27 Å². The number of fused-ring (bicyclic) bond motifs is 1. The minimum atomic E-state index is 0.661. The van der Waals surface area contributed by atoms with Crippen molar-refractivity contribution >= 4 is 37.5 Å². The fourth-order valence-corrected chi connectivity index (χ4v) is 3.54. The molecule has 24 heavy (non-hydrogen) atoms. The summed E-state index contributed by atoms with van der Waals surface area (Å²) in [4.78, 5) is 2.17. The van der Waals surface area contributed by atoms with Crippen molar-refractivity contribution in [3.8, 4) is 17.0 Å². The molecule has 0 saturated carbocycles. The van der Waals surface area contributed by atoms with E-state index in [9.17, 15) is 0 Å². The van der Waals surface area contributed by atoms with E-state index in [-0.39, 0.29) is 0 Å². The second-order valence-electron chi connectivity index (χ2n) is 5.60. The van der Waals surface area contributed by atoms with E-state index in [1.54, 1.807) is 0 Å². The predicted molar refractivity (Wildman–Crippen MR) is 106 cm³/mol. The second-order valence-corrected chi connectivity index (χ2v) is 7.32. The Morgan fingerprint density at radius 2 is 2.04 bits per heavy atom. The Hall–Kier alpha value is -1.69. The molecule has 0 aliphatic carbocycles. The summed E-state index contributed by atoms with van der Waals surface area (Å²) in [5.41, 5.74) is 2.16. The minimum Gasteiger partial charge on any atom is -0.492 e. The van der Waals surface area contributed by atoms with Crippen LogP contribution in [-0.2, 0) is 0 Å². The highest BCUT2D eigenvalue weighted by Crippen LogP contribution is 2.33. The molecule has 124 valence electrons. The molecule has 0 radical (unpaired) electrons. The zero-order valence-corrected chi connectivity index (χ0v) is 15.9. The van der Waals surface area contributed by atoms with Crippen molar-refractivity contribution in [2.45, 2.75) is 0 Å². The summed E-state index contributed by atoms with van der Waals surface area (Å²) in [5, 5.41) is 1.17. The molecule has 5 heteroatoms. The third-order valence-corrected chi connectivity index (χ3v) is 5.08. The summed E-state index contributed by atoms with van der Waals surface area (Å²) in [6.45, 7) is 6.14. The number of hydrogen-bond acceptors (Lipinski definition) is 4. The van der Waals surface area contributed by atoms with E-state index in [0.29, 0.717) is 6.61 Å². The van der Waals surface area contributed by atoms with E-state index >= 15 is 0 Å². The van der Waals surface area contributed by atoms with Gasteiger partial charge in [0.1, 0.15) is 12.4 Å². The van der Waals surface area contributed by atoms with Gasteiger partial charge in [-0.3, -0.25) is 4.90 Å². The topological polar surface area (TPSA) is 25.4 Å². The molecule has 3 aromatic rings. The van der Waals surface area contributed by atoms with Gasteiger partial charge in [0, 0.05) is 28.5 Å². The van der Waals surface area contributed by atoms with Gasteiger partial charge in [-0.05, 0) is 48.9 Å². The largest absolute Gasteiger partial charge is 0.492 e. The van der Waals surface area contributed by atoms with Gasteiger partial charge in [-0.1, -0.05) is 34.1 Å². The zero-order valence-electron chi connectivity index (χ0n) is 13.5. The normalized spacial score (nSPS) is 11.1. The number of halogens is 1. The van der Waals surface area contributed by atoms with E-state index in [1.807, 2.05) is 24.3 Å². The van der Waals surface area contributed by atoms with Gasteiger partial charge in [0.15, 0.2) is 0 Å². The highest BCUT2D eigenvalue weighted by molar-refractivity contribution is 9.10. The highest BCUT2D eigenvalue weighted by atomic mass is 79.9. The van der Waals surface area contributed by atoms with Crippen LogP contribution < -0.4 is 4.74 Å². The van der Waals surface area contributed by atoms with Crippen molar-refractivity contribution in [2.24, 2.45) is 0 Å². The summed E-state index contributed by atoms with van der Waals surface area (Å²) >= 11 is 4.98. The minimum absolute atomic E-state index is 0.661. The molecule has 0 unspecified atom stereocenters. The fraction of sp³-hybridized carbons (Fsp3) is 0.211. The van der Waals surface area contributed by atoms with Gasteiger partial charge in [-0.25, -0.2) is 0 Å². The van der Waals surface area contributed by atoms with Crippen molar-refractivity contribution in [3.05, 3.63) is 59.6 Å². The quantitative estimate of drug-likeness (QED) is 0.506. The van der Waals surface area contributed by atoms with Crippen molar-refractivity contribution in [3.63, 3.8) is 0 Å². The molecule has 0 fully saturated rings. The summed E-state index contributed by atoms with van der Waals surface area (Å²) in [6, 6.07) is 14.4. The molecule has 0 N–H and O–H groups in total. The van der Waals surface area contributed by atoms with E-state index < -0.39 is 0 Å². The first-order chi connectivity index (χ1) is 11.7. The molecule has 3 nitrogen and oxygen atoms in total. The Labute approximate surface area is 154 Å². The van der Waals surface area contributed by atoms with Crippen molar-refractivity contribution < 1.29 is 4.74 Å². The van der Waals surface area contributed by atoms with E-state index in [1.165, 1.54) is 16.9 Å². The molecule has 0 saturated heterocycles. The number of likely N-dealkylation sites (N-methyl/N-ethyl adjacent to an activating group) is 1. The molecule has 0 bridgehead atoms. The van der Waals surface area contributed by atoms with Crippen LogP contribution in [-0.4, -0.2) is 36.0 Å². The predicted octanol–water partition coefficient (Wildman–Crippen LogP) is 5.22. The first-order valence-corrected chi connectivity index (χ1v) is 9.31. The fourth-order valence-electron chi connectivity index (χ4n) is 2.45. The average molecular weight is 403 g/mol. The lowest BCUT2D eigenvalue weighted by molar-refractivity contribution is 0.250. The molecule has 0 aliphatic rings. The van der Waals surface area contributed by atoms with Crippen molar-refractivity contribution in [2.75, 3.05) is 26.7 Å². The van der Waals surface area contributed by atoms with Crippen molar-refractivity contribution in [1.29, 1.82) is 0 Å². The SMILES string of the molecule is C=CCN(C)CCOc1ccc2c(-c3ccc(Br)cc3)nsc2c1. The van der Waals surface area contributed by atoms with E-state index in [0.717, 1.165) is 39.3 Å². The first-order valence-electron chi connectivity index (χ1n) is 7.75. The Kier molecular flexibility index (Phi) is 5.66. The van der Waals surface area contributed by atoms with E-state index in [4.69, 9.17) is 4.74 Å². The van der Waals surface area contributed by atoms with Crippen LogP contribution in [0.15, 0.2) is 59.6 Å². The van der Waals surface area contributed by atoms with Gasteiger partial charge >= 0.3 is 0 Å². The van der Waals surface area contributed by atoms with Crippen LogP contribution in [0.2, 0.25) is 0 Å². The number of ether oxygens (including phenoxy) is 1. The number of hydrogen-bond donors (Lipinski definition) is 0. The van der Waals surface area contributed by atoms with Crippen LogP contribution in [0, 0.1) is 0 Å². The van der Waals surface area contributed by atoms with Gasteiger partial charge < -0.3 is 4.74 Å². The lowest BCUT2D eigenvalue weighted by Gasteiger charge is -2.14. The maximum atomic E-state index is 5.86. The maximum absolute atomic E-state index is 5.86. The third kappa shape index (κ3) is 4.04. The molecular formula is C19H19BrN2OS. The lowest BCUT2D eigenvalue weighted by atomic mass is 10.1. The smallest absolute Gasteiger partial charge is 0.120 e. The number of benzene rings is 2. The Balaban J connectivity index is 1.73. The summed E-state index contributed by atoms with van der Waals surface area (Å²) in [6.07, 6.45) is 1.90. The average Bonchev–Trinajstić information content (AvgIpc) is 2.99. The molecule has 0 spiro atoms. The molecule has 0 aliphatic heterocycles. The van der Waals surface area contributed by atoms with Crippen LogP contribution in [0.25, 0.3) is 21.3 Å². The Morgan fingerprint density at radius 1 is 1.25 bits per heavy atom. The Bertz CT molecular complexity index is 829. The third-order valence-electron chi connectivity index (χ3n) is 3.74. The van der Waals surface area contributed by atoms with Gasteiger partial charge in [-0.15, -0.1) is 6.58 Å².